The summed E-state index contributed by atoms with van der Waals surface area (Å²) in [7, 11) is 0. The van der Waals surface area contributed by atoms with Gasteiger partial charge in [0, 0.05) is 32.1 Å². The minimum absolute atomic E-state index is 0.186. The number of benzene rings is 1. The zero-order valence-electron chi connectivity index (χ0n) is 11.8. The molecular weight excluding hydrogens is 253 g/mol. The molecule has 0 spiro atoms. The first-order valence-corrected chi connectivity index (χ1v) is 7.51. The molecule has 2 heterocycles. The first kappa shape index (κ1) is 13.4. The van der Waals surface area contributed by atoms with Crippen molar-refractivity contribution in [3.8, 4) is 0 Å². The van der Waals surface area contributed by atoms with E-state index in [4.69, 9.17) is 0 Å². The van der Waals surface area contributed by atoms with Crippen LogP contribution in [0.5, 0.6) is 0 Å². The molecular formula is C16H22FN3. The van der Waals surface area contributed by atoms with E-state index in [9.17, 15) is 4.39 Å². The van der Waals surface area contributed by atoms with Gasteiger partial charge in [0.2, 0.25) is 0 Å². The topological polar surface area (TPSA) is 18.8 Å². The Bertz CT molecular complexity index is 460. The van der Waals surface area contributed by atoms with Crippen LogP contribution in [-0.4, -0.2) is 48.6 Å². The van der Waals surface area contributed by atoms with Gasteiger partial charge in [-0.05, 0) is 18.4 Å². The van der Waals surface area contributed by atoms with Crippen molar-refractivity contribution in [1.29, 1.82) is 0 Å². The van der Waals surface area contributed by atoms with Gasteiger partial charge < -0.3 is 9.80 Å². The number of halogens is 1. The monoisotopic (exact) mass is 275 g/mol. The largest absolute Gasteiger partial charge is 0.342 e. The van der Waals surface area contributed by atoms with Crippen molar-refractivity contribution < 1.29 is 4.39 Å². The smallest absolute Gasteiger partial charge is 0.197 e. The second-order valence-electron chi connectivity index (χ2n) is 5.70. The highest BCUT2D eigenvalue weighted by atomic mass is 19.1. The van der Waals surface area contributed by atoms with E-state index in [2.05, 4.69) is 39.1 Å². The van der Waals surface area contributed by atoms with E-state index in [0.29, 0.717) is 0 Å². The fourth-order valence-electron chi connectivity index (χ4n) is 3.10. The highest BCUT2D eigenvalue weighted by Gasteiger charge is 2.27. The first-order valence-electron chi connectivity index (χ1n) is 7.51. The van der Waals surface area contributed by atoms with Crippen molar-refractivity contribution in [3.05, 3.63) is 35.9 Å². The lowest BCUT2D eigenvalue weighted by Gasteiger charge is -2.36. The summed E-state index contributed by atoms with van der Waals surface area (Å²) in [4.78, 5) is 9.26. The Hall–Kier alpha value is -1.58. The highest BCUT2D eigenvalue weighted by Crippen LogP contribution is 2.20. The molecule has 2 aliphatic heterocycles. The molecule has 3 nitrogen and oxygen atoms in total. The summed E-state index contributed by atoms with van der Waals surface area (Å²) in [5.41, 5.74) is 1.31. The van der Waals surface area contributed by atoms with Gasteiger partial charge in [-0.1, -0.05) is 30.3 Å². The van der Waals surface area contributed by atoms with E-state index in [-0.39, 0.29) is 12.6 Å². The van der Waals surface area contributed by atoms with Crippen LogP contribution in [0.4, 0.5) is 4.39 Å². The van der Waals surface area contributed by atoms with Crippen molar-refractivity contribution in [2.45, 2.75) is 19.4 Å². The molecule has 2 aliphatic rings. The van der Waals surface area contributed by atoms with E-state index in [1.165, 1.54) is 5.56 Å². The Morgan fingerprint density at radius 1 is 1.20 bits per heavy atom. The second kappa shape index (κ2) is 6.25. The molecule has 0 saturated carbocycles. The lowest BCUT2D eigenvalue weighted by atomic mass is 10.00. The molecule has 1 unspecified atom stereocenters. The van der Waals surface area contributed by atoms with Gasteiger partial charge in [-0.2, -0.15) is 0 Å². The van der Waals surface area contributed by atoms with Crippen molar-refractivity contribution in [2.75, 3.05) is 32.9 Å². The zero-order valence-corrected chi connectivity index (χ0v) is 11.8. The summed E-state index contributed by atoms with van der Waals surface area (Å²) in [6.07, 6.45) is 2.09. The number of alkyl halides is 1. The maximum Gasteiger partial charge on any atom is 0.197 e. The van der Waals surface area contributed by atoms with Crippen LogP contribution in [-0.2, 0) is 6.54 Å². The quantitative estimate of drug-likeness (QED) is 0.844. The van der Waals surface area contributed by atoms with Crippen LogP contribution in [0, 0.1) is 5.92 Å². The SMILES string of the molecule is FCC1CCCN(C2=NCCN2Cc2ccccc2)C1. The lowest BCUT2D eigenvalue weighted by molar-refractivity contribution is 0.202. The second-order valence-corrected chi connectivity index (χ2v) is 5.70. The number of nitrogens with zero attached hydrogens (tertiary/aromatic N) is 3. The normalized spacial score (nSPS) is 23.1. The maximum atomic E-state index is 12.9. The molecule has 1 fully saturated rings. The molecule has 1 saturated heterocycles. The number of hydrogen-bond donors (Lipinski definition) is 0. The fourth-order valence-corrected chi connectivity index (χ4v) is 3.10. The lowest BCUT2D eigenvalue weighted by Crippen LogP contribution is -2.46. The van der Waals surface area contributed by atoms with Gasteiger partial charge in [-0.25, -0.2) is 0 Å². The van der Waals surface area contributed by atoms with Gasteiger partial charge >= 0.3 is 0 Å². The van der Waals surface area contributed by atoms with Gasteiger partial charge in [0.25, 0.3) is 0 Å². The van der Waals surface area contributed by atoms with Gasteiger partial charge in [-0.3, -0.25) is 9.38 Å². The predicted octanol–water partition coefficient (Wildman–Crippen LogP) is 2.54. The van der Waals surface area contributed by atoms with Gasteiger partial charge in [0.1, 0.15) is 0 Å². The molecule has 0 amide bonds. The Kier molecular flexibility index (Phi) is 4.19. The number of aliphatic imine (C=N–C) groups is 1. The minimum Gasteiger partial charge on any atom is -0.342 e. The number of hydrogen-bond acceptors (Lipinski definition) is 3. The third-order valence-corrected chi connectivity index (χ3v) is 4.14. The van der Waals surface area contributed by atoms with Crippen LogP contribution >= 0.6 is 0 Å². The summed E-state index contributed by atoms with van der Waals surface area (Å²) >= 11 is 0. The van der Waals surface area contributed by atoms with Crippen LogP contribution in [0.1, 0.15) is 18.4 Å². The summed E-state index contributed by atoms with van der Waals surface area (Å²) < 4.78 is 12.9. The average molecular weight is 275 g/mol. The van der Waals surface area contributed by atoms with E-state index in [1.807, 2.05) is 6.07 Å². The number of likely N-dealkylation sites (tertiary alicyclic amines) is 1. The molecule has 1 aromatic carbocycles. The molecule has 20 heavy (non-hydrogen) atoms. The summed E-state index contributed by atoms with van der Waals surface area (Å²) in [5.74, 6) is 1.26. The molecule has 3 rings (SSSR count). The van der Waals surface area contributed by atoms with Crippen molar-refractivity contribution in [2.24, 2.45) is 10.9 Å². The molecule has 0 bridgehead atoms. The molecule has 4 heteroatoms. The van der Waals surface area contributed by atoms with E-state index < -0.39 is 0 Å². The molecule has 0 radical (unpaired) electrons. The van der Waals surface area contributed by atoms with Crippen LogP contribution in [0.2, 0.25) is 0 Å². The van der Waals surface area contributed by atoms with Gasteiger partial charge in [-0.15, -0.1) is 0 Å². The first-order chi connectivity index (χ1) is 9.86. The van der Waals surface area contributed by atoms with Crippen molar-refractivity contribution in [1.82, 2.24) is 9.80 Å². The van der Waals surface area contributed by atoms with Crippen molar-refractivity contribution >= 4 is 5.96 Å². The number of piperidine rings is 1. The Morgan fingerprint density at radius 2 is 2.05 bits per heavy atom. The van der Waals surface area contributed by atoms with E-state index in [0.717, 1.165) is 51.5 Å². The molecule has 0 N–H and O–H groups in total. The van der Waals surface area contributed by atoms with E-state index >= 15 is 0 Å². The summed E-state index contributed by atoms with van der Waals surface area (Å²) in [5, 5.41) is 0. The Balaban J connectivity index is 1.66. The average Bonchev–Trinajstić information content (AvgIpc) is 2.96. The number of rotatable bonds is 3. The Morgan fingerprint density at radius 3 is 2.85 bits per heavy atom. The third-order valence-electron chi connectivity index (χ3n) is 4.14. The van der Waals surface area contributed by atoms with Crippen LogP contribution in [0.3, 0.4) is 0 Å². The third kappa shape index (κ3) is 2.94. The van der Waals surface area contributed by atoms with Crippen LogP contribution in [0.15, 0.2) is 35.3 Å². The molecule has 108 valence electrons. The minimum atomic E-state index is -0.206. The summed E-state index contributed by atoms with van der Waals surface area (Å²) in [6.45, 7) is 4.36. The fraction of sp³-hybridized carbons (Fsp3) is 0.562. The van der Waals surface area contributed by atoms with Crippen molar-refractivity contribution in [3.63, 3.8) is 0 Å². The van der Waals surface area contributed by atoms with Gasteiger partial charge in [0.05, 0.1) is 13.2 Å². The maximum absolute atomic E-state index is 12.9. The highest BCUT2D eigenvalue weighted by molar-refractivity contribution is 5.81. The Labute approximate surface area is 120 Å². The van der Waals surface area contributed by atoms with Crippen LogP contribution in [0.25, 0.3) is 0 Å². The summed E-state index contributed by atoms with van der Waals surface area (Å²) in [6, 6.07) is 10.5. The standard InChI is InChI=1S/C16H22FN3/c17-11-15-7-4-9-19(13-15)16-18-8-10-20(16)12-14-5-2-1-3-6-14/h1-3,5-6,15H,4,7-13H2. The zero-order chi connectivity index (χ0) is 13.8. The molecule has 0 aromatic heterocycles. The molecule has 1 aromatic rings. The predicted molar refractivity (Wildman–Crippen MR) is 79.4 cm³/mol. The molecule has 1 atom stereocenters. The van der Waals surface area contributed by atoms with E-state index in [1.54, 1.807) is 0 Å². The number of guanidine groups is 1. The van der Waals surface area contributed by atoms with Gasteiger partial charge in [0.15, 0.2) is 5.96 Å². The molecule has 0 aliphatic carbocycles. The van der Waals surface area contributed by atoms with Crippen LogP contribution < -0.4 is 0 Å².